The first-order chi connectivity index (χ1) is 6.50. The van der Waals surface area contributed by atoms with Crippen molar-refractivity contribution in [1.82, 2.24) is 4.98 Å². The highest BCUT2D eigenvalue weighted by Crippen LogP contribution is 2.40. The van der Waals surface area contributed by atoms with Crippen molar-refractivity contribution in [3.8, 4) is 0 Å². The van der Waals surface area contributed by atoms with Gasteiger partial charge in [0.05, 0.1) is 5.56 Å². The third kappa shape index (κ3) is 1.25. The number of aromatic carboxylic acids is 1. The Bertz CT molecular complexity index is 404. The standard InChI is InChI=1S/C9H7F2NO2/c10-9(11)2-1-7-6(9)3-5(4-12-7)8(13)14/h3-4H,1-2H2,(H,13,14). The summed E-state index contributed by atoms with van der Waals surface area (Å²) >= 11 is 0. The van der Waals surface area contributed by atoms with Crippen LogP contribution in [0.1, 0.15) is 28.0 Å². The summed E-state index contributed by atoms with van der Waals surface area (Å²) in [7, 11) is 0. The molecule has 1 aliphatic carbocycles. The molecule has 74 valence electrons. The Morgan fingerprint density at radius 2 is 2.29 bits per heavy atom. The van der Waals surface area contributed by atoms with Gasteiger partial charge >= 0.3 is 5.97 Å². The molecule has 14 heavy (non-hydrogen) atoms. The molecular formula is C9H7F2NO2. The van der Waals surface area contributed by atoms with Crippen LogP contribution in [0.4, 0.5) is 8.78 Å². The summed E-state index contributed by atoms with van der Waals surface area (Å²) in [4.78, 5) is 14.2. The van der Waals surface area contributed by atoms with E-state index in [0.717, 1.165) is 12.3 Å². The quantitative estimate of drug-likeness (QED) is 0.750. The summed E-state index contributed by atoms with van der Waals surface area (Å²) in [6, 6.07) is 1.01. The summed E-state index contributed by atoms with van der Waals surface area (Å²) in [6.07, 6.45) is 1.04. The predicted octanol–water partition coefficient (Wildman–Crippen LogP) is 1.82. The van der Waals surface area contributed by atoms with E-state index in [1.165, 1.54) is 0 Å². The van der Waals surface area contributed by atoms with Gasteiger partial charge in [-0.05, 0) is 12.5 Å². The molecule has 0 spiro atoms. The van der Waals surface area contributed by atoms with Crippen LogP contribution < -0.4 is 0 Å². The van der Waals surface area contributed by atoms with Gasteiger partial charge in [-0.15, -0.1) is 0 Å². The molecule has 1 aliphatic rings. The highest BCUT2D eigenvalue weighted by atomic mass is 19.3. The van der Waals surface area contributed by atoms with E-state index in [-0.39, 0.29) is 24.0 Å². The second-order valence-electron chi connectivity index (χ2n) is 3.23. The molecule has 0 atom stereocenters. The lowest BCUT2D eigenvalue weighted by atomic mass is 10.1. The first kappa shape index (κ1) is 9.05. The smallest absolute Gasteiger partial charge is 0.337 e. The molecule has 5 heteroatoms. The second-order valence-corrected chi connectivity index (χ2v) is 3.23. The van der Waals surface area contributed by atoms with E-state index < -0.39 is 11.9 Å². The minimum atomic E-state index is -2.92. The monoisotopic (exact) mass is 199 g/mol. The number of pyridine rings is 1. The third-order valence-electron chi connectivity index (χ3n) is 2.29. The van der Waals surface area contributed by atoms with Crippen LogP contribution in [-0.4, -0.2) is 16.1 Å². The van der Waals surface area contributed by atoms with Crippen LogP contribution in [-0.2, 0) is 12.3 Å². The number of carboxylic acid groups (broad SMARTS) is 1. The fraction of sp³-hybridized carbons (Fsp3) is 0.333. The van der Waals surface area contributed by atoms with Crippen LogP contribution in [0.25, 0.3) is 0 Å². The van der Waals surface area contributed by atoms with E-state index in [9.17, 15) is 13.6 Å². The van der Waals surface area contributed by atoms with Gasteiger partial charge in [0.2, 0.25) is 0 Å². The number of fused-ring (bicyclic) bond motifs is 1. The average Bonchev–Trinajstić information content (AvgIpc) is 2.42. The van der Waals surface area contributed by atoms with Crippen molar-refractivity contribution in [2.45, 2.75) is 18.8 Å². The largest absolute Gasteiger partial charge is 0.478 e. The molecule has 1 aromatic rings. The molecule has 0 aromatic carbocycles. The number of aromatic nitrogens is 1. The molecule has 1 aromatic heterocycles. The van der Waals surface area contributed by atoms with Gasteiger partial charge in [-0.1, -0.05) is 0 Å². The summed E-state index contributed by atoms with van der Waals surface area (Å²) in [5.74, 6) is -4.16. The van der Waals surface area contributed by atoms with E-state index in [0.29, 0.717) is 5.69 Å². The van der Waals surface area contributed by atoms with E-state index >= 15 is 0 Å². The predicted molar refractivity (Wildman–Crippen MR) is 43.4 cm³/mol. The van der Waals surface area contributed by atoms with Crippen molar-refractivity contribution in [2.24, 2.45) is 0 Å². The average molecular weight is 199 g/mol. The molecule has 0 radical (unpaired) electrons. The molecular weight excluding hydrogens is 192 g/mol. The number of hydrogen-bond acceptors (Lipinski definition) is 2. The van der Waals surface area contributed by atoms with Crippen LogP contribution in [0.3, 0.4) is 0 Å². The third-order valence-corrected chi connectivity index (χ3v) is 2.29. The number of hydrogen-bond donors (Lipinski definition) is 1. The van der Waals surface area contributed by atoms with Crippen molar-refractivity contribution in [3.05, 3.63) is 29.1 Å². The minimum Gasteiger partial charge on any atom is -0.478 e. The number of rotatable bonds is 1. The molecule has 0 saturated carbocycles. The summed E-state index contributed by atoms with van der Waals surface area (Å²) in [6.45, 7) is 0. The summed E-state index contributed by atoms with van der Waals surface area (Å²) < 4.78 is 26.3. The number of carboxylic acids is 1. The fourth-order valence-electron chi connectivity index (χ4n) is 1.54. The van der Waals surface area contributed by atoms with Crippen molar-refractivity contribution in [3.63, 3.8) is 0 Å². The number of carbonyl (C=O) groups is 1. The van der Waals surface area contributed by atoms with Crippen molar-refractivity contribution >= 4 is 5.97 Å². The SMILES string of the molecule is O=C(O)c1cnc2c(c1)C(F)(F)CC2. The normalized spacial score (nSPS) is 17.9. The number of alkyl halides is 2. The van der Waals surface area contributed by atoms with E-state index in [2.05, 4.69) is 4.98 Å². The summed E-state index contributed by atoms with van der Waals surface area (Å²) in [5, 5.41) is 8.60. The maximum absolute atomic E-state index is 13.1. The van der Waals surface area contributed by atoms with Crippen molar-refractivity contribution < 1.29 is 18.7 Å². The van der Waals surface area contributed by atoms with Crippen LogP contribution in [0.2, 0.25) is 0 Å². The first-order valence-electron chi connectivity index (χ1n) is 4.11. The number of halogens is 2. The lowest BCUT2D eigenvalue weighted by Gasteiger charge is -2.09. The Morgan fingerprint density at radius 3 is 2.93 bits per heavy atom. The molecule has 0 fully saturated rings. The number of nitrogens with zero attached hydrogens (tertiary/aromatic N) is 1. The Morgan fingerprint density at radius 1 is 1.57 bits per heavy atom. The zero-order valence-corrected chi connectivity index (χ0v) is 7.13. The van der Waals surface area contributed by atoms with Crippen LogP contribution in [0.5, 0.6) is 0 Å². The molecule has 0 bridgehead atoms. The lowest BCUT2D eigenvalue weighted by molar-refractivity contribution is -0.00191. The van der Waals surface area contributed by atoms with E-state index in [1.54, 1.807) is 0 Å². The molecule has 1 N–H and O–H groups in total. The zero-order valence-electron chi connectivity index (χ0n) is 7.13. The van der Waals surface area contributed by atoms with Crippen LogP contribution >= 0.6 is 0 Å². The van der Waals surface area contributed by atoms with Gasteiger partial charge in [0.25, 0.3) is 5.92 Å². The van der Waals surface area contributed by atoms with Crippen molar-refractivity contribution in [2.75, 3.05) is 0 Å². The molecule has 1 heterocycles. The second kappa shape index (κ2) is 2.73. The topological polar surface area (TPSA) is 50.2 Å². The number of aryl methyl sites for hydroxylation is 1. The summed E-state index contributed by atoms with van der Waals surface area (Å²) in [5.41, 5.74) is -0.122. The van der Waals surface area contributed by atoms with Gasteiger partial charge in [0.1, 0.15) is 0 Å². The first-order valence-corrected chi connectivity index (χ1v) is 4.11. The van der Waals surface area contributed by atoms with E-state index in [1.807, 2.05) is 0 Å². The van der Waals surface area contributed by atoms with Crippen molar-refractivity contribution in [1.29, 1.82) is 0 Å². The molecule has 0 saturated heterocycles. The highest BCUT2D eigenvalue weighted by molar-refractivity contribution is 5.87. The minimum absolute atomic E-state index is 0.190. The fourth-order valence-corrected chi connectivity index (χ4v) is 1.54. The van der Waals surface area contributed by atoms with Gasteiger partial charge in [0.15, 0.2) is 0 Å². The molecule has 0 unspecified atom stereocenters. The van der Waals surface area contributed by atoms with Gasteiger partial charge in [-0.25, -0.2) is 13.6 Å². The Labute approximate surface area is 78.4 Å². The molecule has 0 aliphatic heterocycles. The maximum atomic E-state index is 13.1. The molecule has 2 rings (SSSR count). The highest BCUT2D eigenvalue weighted by Gasteiger charge is 2.40. The Balaban J connectivity index is 2.53. The zero-order chi connectivity index (χ0) is 10.3. The molecule has 3 nitrogen and oxygen atoms in total. The molecule has 0 amide bonds. The van der Waals surface area contributed by atoms with Gasteiger partial charge in [-0.2, -0.15) is 0 Å². The van der Waals surface area contributed by atoms with Crippen LogP contribution in [0, 0.1) is 0 Å². The maximum Gasteiger partial charge on any atom is 0.337 e. The Kier molecular flexibility index (Phi) is 1.77. The van der Waals surface area contributed by atoms with Gasteiger partial charge in [0, 0.05) is 23.9 Å². The Hall–Kier alpha value is -1.52. The van der Waals surface area contributed by atoms with Crippen LogP contribution in [0.15, 0.2) is 12.3 Å². The van der Waals surface area contributed by atoms with E-state index in [4.69, 9.17) is 5.11 Å². The van der Waals surface area contributed by atoms with Gasteiger partial charge < -0.3 is 5.11 Å². The van der Waals surface area contributed by atoms with Gasteiger partial charge in [-0.3, -0.25) is 4.98 Å². The lowest BCUT2D eigenvalue weighted by Crippen LogP contribution is -2.09.